The van der Waals surface area contributed by atoms with Gasteiger partial charge < -0.3 is 20.9 Å². The van der Waals surface area contributed by atoms with Gasteiger partial charge >= 0.3 is 6.18 Å². The van der Waals surface area contributed by atoms with Gasteiger partial charge in [0.25, 0.3) is 11.8 Å². The van der Waals surface area contributed by atoms with Crippen LogP contribution in [-0.2, 0) is 11.0 Å². The number of piperidine rings is 1. The van der Waals surface area contributed by atoms with Crippen LogP contribution in [0.4, 0.5) is 23.2 Å². The van der Waals surface area contributed by atoms with Gasteiger partial charge in [-0.2, -0.15) is 18.4 Å². The molecule has 1 saturated heterocycles. The zero-order chi connectivity index (χ0) is 35.9. The number of para-hydroxylation sites is 1. The second-order valence-corrected chi connectivity index (χ2v) is 11.9. The van der Waals surface area contributed by atoms with Crippen molar-refractivity contribution in [1.82, 2.24) is 20.0 Å². The molecule has 1 fully saturated rings. The molecule has 1 aliphatic heterocycles. The number of nitrogens with two attached hydrogens (primary N) is 1. The molecule has 9 nitrogen and oxygen atoms in total. The summed E-state index contributed by atoms with van der Waals surface area (Å²) in [4.78, 5) is 37.7. The molecule has 49 heavy (non-hydrogen) atoms. The molecule has 0 aromatic heterocycles. The summed E-state index contributed by atoms with van der Waals surface area (Å²) in [6.45, 7) is 4.62. The van der Waals surface area contributed by atoms with Crippen molar-refractivity contribution in [3.63, 3.8) is 0 Å². The standard InChI is InChI=1S/C36H39F4N7O2.H2/c1-5-47-33(43-28-13-7-6-8-14-28)30(31(42)23(2)46(22-41)20-10-19-45(3)4)29(24-15-17-27(37)18-16-24)32(35(47)49)44-34(48)25-11-9-12-26(21-25)36(38,39)40;/h6-9,11-18,21,23,29,32H,5,10,19-20,42H2,1-4H3,(H,44,48);1H/b31-30-,43-33?;/t23-,29+,32+;/m1./s1. The molecule has 0 saturated carbocycles. The number of amides is 2. The third-order valence-electron chi connectivity index (χ3n) is 8.31. The van der Waals surface area contributed by atoms with Gasteiger partial charge in [-0.1, -0.05) is 36.4 Å². The van der Waals surface area contributed by atoms with Crippen LogP contribution < -0.4 is 11.1 Å². The number of halogens is 4. The van der Waals surface area contributed by atoms with Gasteiger partial charge in [0.1, 0.15) is 17.7 Å². The van der Waals surface area contributed by atoms with E-state index in [4.69, 9.17) is 10.7 Å². The third-order valence-corrected chi connectivity index (χ3v) is 8.31. The number of carbonyl (C=O) groups is 2. The predicted octanol–water partition coefficient (Wildman–Crippen LogP) is 5.90. The largest absolute Gasteiger partial charge is 0.416 e. The minimum absolute atomic E-state index is 0. The van der Waals surface area contributed by atoms with E-state index in [1.165, 1.54) is 40.1 Å². The molecule has 0 unspecified atom stereocenters. The Bertz CT molecular complexity index is 1740. The number of nitriles is 1. The van der Waals surface area contributed by atoms with E-state index in [0.717, 1.165) is 12.1 Å². The van der Waals surface area contributed by atoms with Gasteiger partial charge in [0.15, 0.2) is 6.19 Å². The number of nitrogens with zero attached hydrogens (tertiary/aromatic N) is 5. The van der Waals surface area contributed by atoms with Crippen molar-refractivity contribution < 1.29 is 28.6 Å². The number of hydrogen-bond donors (Lipinski definition) is 2. The first-order valence-corrected chi connectivity index (χ1v) is 15.8. The number of alkyl halides is 3. The number of nitrogens with one attached hydrogen (secondary N) is 1. The Morgan fingerprint density at radius 3 is 2.35 bits per heavy atom. The van der Waals surface area contributed by atoms with Gasteiger partial charge in [0.05, 0.1) is 17.3 Å². The normalized spacial score (nSPS) is 19.1. The zero-order valence-corrected chi connectivity index (χ0v) is 27.7. The lowest BCUT2D eigenvalue weighted by molar-refractivity contribution is -0.137. The van der Waals surface area contributed by atoms with Gasteiger partial charge in [-0.15, -0.1) is 0 Å². The van der Waals surface area contributed by atoms with Crippen LogP contribution in [-0.4, -0.2) is 78.2 Å². The lowest BCUT2D eigenvalue weighted by Gasteiger charge is -2.42. The van der Waals surface area contributed by atoms with E-state index in [2.05, 4.69) is 11.5 Å². The van der Waals surface area contributed by atoms with Crippen LogP contribution >= 0.6 is 0 Å². The number of likely N-dealkylation sites (N-methyl/N-ethyl adjacent to an activating group) is 1. The van der Waals surface area contributed by atoms with Crippen LogP contribution in [0.5, 0.6) is 0 Å². The molecule has 2 amide bonds. The fourth-order valence-corrected chi connectivity index (χ4v) is 5.74. The summed E-state index contributed by atoms with van der Waals surface area (Å²) in [6.07, 6.45) is -1.84. The summed E-state index contributed by atoms with van der Waals surface area (Å²) in [5.74, 6) is -2.97. The molecule has 0 radical (unpaired) electrons. The molecule has 13 heteroatoms. The molecule has 3 aromatic carbocycles. The number of benzene rings is 3. The Kier molecular flexibility index (Phi) is 11.8. The molecule has 1 heterocycles. The zero-order valence-electron chi connectivity index (χ0n) is 27.7. The first-order chi connectivity index (χ1) is 23.3. The van der Waals surface area contributed by atoms with Crippen molar-refractivity contribution in [3.05, 3.63) is 113 Å². The maximum absolute atomic E-state index is 14.4. The van der Waals surface area contributed by atoms with Gasteiger partial charge in [0, 0.05) is 37.3 Å². The first-order valence-electron chi connectivity index (χ1n) is 15.8. The SMILES string of the molecule is CCN1C(=O)[C@@H](NC(=O)c2cccc(C(F)(F)F)c2)[C@@H](c2ccc(F)cc2)/C(=C(/N)[C@@H](C)N(C#N)CCCN(C)C)C1=Nc1ccccc1.[HH]. The quantitative estimate of drug-likeness (QED) is 0.148. The molecular formula is C36H41F4N7O2. The topological polar surface area (TPSA) is 118 Å². The van der Waals surface area contributed by atoms with Crippen molar-refractivity contribution in [3.8, 4) is 6.19 Å². The van der Waals surface area contributed by atoms with E-state index in [-0.39, 0.29) is 25.1 Å². The molecule has 4 rings (SSSR count). The highest BCUT2D eigenvalue weighted by Gasteiger charge is 2.47. The highest BCUT2D eigenvalue weighted by molar-refractivity contribution is 6.15. The van der Waals surface area contributed by atoms with Gasteiger partial charge in [-0.25, -0.2) is 9.38 Å². The monoisotopic (exact) mass is 679 g/mol. The number of amidine groups is 1. The molecule has 3 aromatic rings. The van der Waals surface area contributed by atoms with E-state index in [1.807, 2.05) is 19.0 Å². The summed E-state index contributed by atoms with van der Waals surface area (Å²) < 4.78 is 54.8. The lowest BCUT2D eigenvalue weighted by atomic mass is 9.78. The number of rotatable bonds is 11. The maximum Gasteiger partial charge on any atom is 0.416 e. The minimum Gasteiger partial charge on any atom is -0.400 e. The average molecular weight is 680 g/mol. The summed E-state index contributed by atoms with van der Waals surface area (Å²) in [7, 11) is 3.84. The summed E-state index contributed by atoms with van der Waals surface area (Å²) in [6, 6.07) is 15.9. The van der Waals surface area contributed by atoms with Gasteiger partial charge in [0.2, 0.25) is 0 Å². The van der Waals surface area contributed by atoms with Gasteiger partial charge in [-0.05, 0) is 88.9 Å². The third kappa shape index (κ3) is 8.63. The molecule has 3 atom stereocenters. The van der Waals surface area contributed by atoms with E-state index >= 15 is 0 Å². The van der Waals surface area contributed by atoms with Crippen LogP contribution in [0.15, 0.2) is 95.1 Å². The van der Waals surface area contributed by atoms with E-state index in [0.29, 0.717) is 42.4 Å². The highest BCUT2D eigenvalue weighted by Crippen LogP contribution is 2.39. The van der Waals surface area contributed by atoms with Crippen molar-refractivity contribution in [2.24, 2.45) is 10.7 Å². The maximum atomic E-state index is 14.4. The molecule has 0 spiro atoms. The van der Waals surface area contributed by atoms with Crippen molar-refractivity contribution in [1.29, 1.82) is 5.26 Å². The van der Waals surface area contributed by atoms with E-state index in [9.17, 15) is 32.4 Å². The van der Waals surface area contributed by atoms with E-state index in [1.54, 1.807) is 44.2 Å². The first kappa shape index (κ1) is 36.6. The summed E-state index contributed by atoms with van der Waals surface area (Å²) in [5.41, 5.74) is 7.02. The fourth-order valence-electron chi connectivity index (χ4n) is 5.74. The van der Waals surface area contributed by atoms with Crippen molar-refractivity contribution >= 4 is 23.3 Å². The molecular weight excluding hydrogens is 638 g/mol. The predicted molar refractivity (Wildman–Crippen MR) is 181 cm³/mol. The number of aliphatic imine (C=N–C) groups is 1. The molecule has 1 aliphatic rings. The Hall–Kier alpha value is -5.22. The number of carbonyl (C=O) groups excluding carboxylic acids is 2. The van der Waals surface area contributed by atoms with Crippen LogP contribution in [0.2, 0.25) is 0 Å². The van der Waals surface area contributed by atoms with Crippen molar-refractivity contribution in [2.75, 3.05) is 33.7 Å². The van der Waals surface area contributed by atoms with Crippen LogP contribution in [0.25, 0.3) is 0 Å². The second kappa shape index (κ2) is 15.8. The highest BCUT2D eigenvalue weighted by atomic mass is 19.4. The Morgan fingerprint density at radius 1 is 1.08 bits per heavy atom. The second-order valence-electron chi connectivity index (χ2n) is 11.9. The Balaban J connectivity index is 0.00000676. The number of likely N-dealkylation sites (tertiary alicyclic amines) is 1. The summed E-state index contributed by atoms with van der Waals surface area (Å²) >= 11 is 0. The molecule has 0 bridgehead atoms. The lowest BCUT2D eigenvalue weighted by Crippen LogP contribution is -2.59. The van der Waals surface area contributed by atoms with Gasteiger partial charge in [-0.3, -0.25) is 14.5 Å². The minimum atomic E-state index is -4.70. The fraction of sp³-hybridized carbons (Fsp3) is 0.333. The molecule has 0 aliphatic carbocycles. The van der Waals surface area contributed by atoms with Crippen molar-refractivity contribution in [2.45, 2.75) is 44.4 Å². The van der Waals surface area contributed by atoms with Crippen LogP contribution in [0.3, 0.4) is 0 Å². The smallest absolute Gasteiger partial charge is 0.400 e. The van der Waals surface area contributed by atoms with Crippen LogP contribution in [0, 0.1) is 17.3 Å². The summed E-state index contributed by atoms with van der Waals surface area (Å²) in [5, 5.41) is 12.8. The number of hydrogen-bond acceptors (Lipinski definition) is 7. The average Bonchev–Trinajstić information content (AvgIpc) is 3.07. The van der Waals surface area contributed by atoms with E-state index < -0.39 is 47.4 Å². The Morgan fingerprint density at radius 2 is 1.76 bits per heavy atom. The van der Waals surface area contributed by atoms with Crippen LogP contribution in [0.1, 0.15) is 49.1 Å². The Labute approximate surface area is 284 Å². The molecule has 3 N–H and O–H groups in total. The molecule has 260 valence electrons.